The van der Waals surface area contributed by atoms with E-state index >= 15 is 0 Å². The summed E-state index contributed by atoms with van der Waals surface area (Å²) in [4.78, 5) is 12.6. The first-order valence-electron chi connectivity index (χ1n) is 10.3. The number of hydrogen-bond donors (Lipinski definition) is 2. The van der Waals surface area contributed by atoms with E-state index in [9.17, 15) is 8.78 Å². The van der Waals surface area contributed by atoms with Gasteiger partial charge in [-0.3, -0.25) is 9.97 Å². The smallest absolute Gasteiger partial charge is 0.286 e. The van der Waals surface area contributed by atoms with Crippen molar-refractivity contribution in [3.8, 4) is 11.1 Å². The van der Waals surface area contributed by atoms with Gasteiger partial charge in [-0.15, -0.1) is 0 Å². The zero-order valence-electron chi connectivity index (χ0n) is 17.9. The van der Waals surface area contributed by atoms with Crippen LogP contribution >= 0.6 is 0 Å². The second-order valence-electron chi connectivity index (χ2n) is 8.05. The van der Waals surface area contributed by atoms with Gasteiger partial charge in [0.15, 0.2) is 0 Å². The van der Waals surface area contributed by atoms with Crippen LogP contribution in [0.2, 0.25) is 0 Å². The van der Waals surface area contributed by atoms with Crippen LogP contribution in [0.15, 0.2) is 54.8 Å². The van der Waals surface area contributed by atoms with Gasteiger partial charge >= 0.3 is 0 Å². The van der Waals surface area contributed by atoms with E-state index < -0.39 is 5.92 Å². The third-order valence-electron chi connectivity index (χ3n) is 5.68. The molecule has 0 radical (unpaired) electrons. The van der Waals surface area contributed by atoms with Crippen LogP contribution in [0.3, 0.4) is 0 Å². The summed E-state index contributed by atoms with van der Waals surface area (Å²) in [5.41, 5.74) is 3.75. The lowest BCUT2D eigenvalue weighted by Crippen LogP contribution is -2.47. The Balaban J connectivity index is 1.68. The maximum Gasteiger partial charge on any atom is 0.286 e. The van der Waals surface area contributed by atoms with Crippen molar-refractivity contribution in [1.82, 2.24) is 25.1 Å². The average Bonchev–Trinajstić information content (AvgIpc) is 3.11. The van der Waals surface area contributed by atoms with Gasteiger partial charge in [0.05, 0.1) is 11.4 Å². The summed E-state index contributed by atoms with van der Waals surface area (Å²) < 4.78 is 27.4. The van der Waals surface area contributed by atoms with Crippen LogP contribution in [0.25, 0.3) is 11.1 Å². The number of pyridine rings is 2. The molecule has 31 heavy (non-hydrogen) atoms. The third kappa shape index (κ3) is 4.28. The molecule has 1 fully saturated rings. The number of aromatic nitrogens is 2. The molecule has 6 nitrogen and oxygen atoms in total. The third-order valence-corrected chi connectivity index (χ3v) is 5.68. The molecule has 0 aromatic carbocycles. The fourth-order valence-electron chi connectivity index (χ4n) is 3.71. The van der Waals surface area contributed by atoms with Gasteiger partial charge in [0, 0.05) is 68.7 Å². The van der Waals surface area contributed by atoms with Crippen molar-refractivity contribution in [2.24, 2.45) is 0 Å². The molecule has 2 aliphatic heterocycles. The lowest BCUT2D eigenvalue weighted by atomic mass is 10.00. The van der Waals surface area contributed by atoms with Crippen LogP contribution in [0.4, 0.5) is 8.78 Å². The number of nitrogens with zero attached hydrogens (tertiary/aromatic N) is 4. The number of alkyl halides is 2. The summed E-state index contributed by atoms with van der Waals surface area (Å²) in [5.74, 6) is -3.02. The molecule has 162 valence electrons. The highest BCUT2D eigenvalue weighted by Crippen LogP contribution is 2.29. The highest BCUT2D eigenvalue weighted by molar-refractivity contribution is 6.08. The minimum atomic E-state index is -3.02. The number of likely N-dealkylation sites (tertiary alicyclic amines) is 1. The molecule has 0 aliphatic carbocycles. The Labute approximate surface area is 180 Å². The van der Waals surface area contributed by atoms with Crippen LogP contribution in [-0.4, -0.2) is 51.8 Å². The fraction of sp³-hybridized carbons (Fsp3) is 0.348. The molecule has 1 atom stereocenters. The lowest BCUT2D eigenvalue weighted by molar-refractivity contribution is 0.0128. The molecule has 2 aromatic rings. The molecule has 4 rings (SSSR count). The van der Waals surface area contributed by atoms with Crippen LogP contribution in [-0.2, 0) is 5.92 Å². The van der Waals surface area contributed by atoms with E-state index in [1.54, 1.807) is 12.3 Å². The molecule has 1 unspecified atom stereocenters. The minimum Gasteiger partial charge on any atom is -0.371 e. The summed E-state index contributed by atoms with van der Waals surface area (Å²) in [5, 5.41) is 12.1. The summed E-state index contributed by atoms with van der Waals surface area (Å²) >= 11 is 0. The van der Waals surface area contributed by atoms with Gasteiger partial charge in [-0.2, -0.15) is 8.78 Å². The molecule has 2 N–H and O–H groups in total. The first-order chi connectivity index (χ1) is 14.7. The topological polar surface area (TPSA) is 68.1 Å². The van der Waals surface area contributed by atoms with Crippen molar-refractivity contribution < 1.29 is 8.78 Å². The van der Waals surface area contributed by atoms with Gasteiger partial charge in [0.1, 0.15) is 11.9 Å². The molecular formula is C23H26F2N6. The van der Waals surface area contributed by atoms with Crippen molar-refractivity contribution in [3.63, 3.8) is 0 Å². The highest BCUT2D eigenvalue weighted by Gasteiger charge is 2.29. The molecule has 4 heterocycles. The molecule has 0 saturated carbocycles. The monoisotopic (exact) mass is 424 g/mol. The second kappa shape index (κ2) is 8.09. The Hall–Kier alpha value is -3.29. The largest absolute Gasteiger partial charge is 0.371 e. The maximum atomic E-state index is 13.7. The Kier molecular flexibility index (Phi) is 5.47. The molecule has 0 bridgehead atoms. The van der Waals surface area contributed by atoms with E-state index in [-0.39, 0.29) is 11.9 Å². The normalized spacial score (nSPS) is 18.7. The molecule has 1 saturated heterocycles. The van der Waals surface area contributed by atoms with E-state index in [1.165, 1.54) is 12.3 Å². The summed E-state index contributed by atoms with van der Waals surface area (Å²) in [7, 11) is 2.00. The highest BCUT2D eigenvalue weighted by atomic mass is 19.3. The van der Waals surface area contributed by atoms with E-state index in [2.05, 4.69) is 25.1 Å². The summed E-state index contributed by atoms with van der Waals surface area (Å²) in [6, 6.07) is 4.90. The van der Waals surface area contributed by atoms with Crippen LogP contribution in [0, 0.1) is 12.3 Å². The van der Waals surface area contributed by atoms with Crippen molar-refractivity contribution >= 4 is 5.71 Å². The van der Waals surface area contributed by atoms with Crippen molar-refractivity contribution in [2.75, 3.05) is 20.1 Å². The first kappa shape index (κ1) is 21.0. The van der Waals surface area contributed by atoms with Crippen molar-refractivity contribution in [3.05, 3.63) is 71.7 Å². The lowest BCUT2D eigenvalue weighted by Gasteiger charge is -2.40. The molecule has 0 amide bonds. The number of hydrogen-bond acceptors (Lipinski definition) is 6. The number of aryl methyl sites for hydroxylation is 1. The first-order valence-corrected chi connectivity index (χ1v) is 10.3. The van der Waals surface area contributed by atoms with E-state index in [4.69, 9.17) is 5.41 Å². The fourth-order valence-corrected chi connectivity index (χ4v) is 3.71. The second-order valence-corrected chi connectivity index (χ2v) is 8.05. The quantitative estimate of drug-likeness (QED) is 0.690. The zero-order chi connectivity index (χ0) is 22.2. The van der Waals surface area contributed by atoms with E-state index in [0.29, 0.717) is 28.1 Å². The minimum absolute atomic E-state index is 0.0216. The van der Waals surface area contributed by atoms with Crippen LogP contribution < -0.4 is 5.32 Å². The van der Waals surface area contributed by atoms with Crippen molar-refractivity contribution in [1.29, 1.82) is 5.41 Å². The molecular weight excluding hydrogens is 398 g/mol. The SMILES string of the molecule is Cc1ncc(-c2ccnc(C(C)(F)F)c2)cc1C(=N)/C=C(\C1NC=CN1C)N1CCC1. The zero-order valence-corrected chi connectivity index (χ0v) is 17.9. The van der Waals surface area contributed by atoms with E-state index in [0.717, 1.165) is 32.1 Å². The molecule has 2 aliphatic rings. The predicted molar refractivity (Wildman–Crippen MR) is 117 cm³/mol. The number of likely N-dealkylation sites (N-methyl/N-ethyl adjacent to an activating group) is 1. The van der Waals surface area contributed by atoms with Crippen molar-refractivity contribution in [2.45, 2.75) is 32.4 Å². The number of halogens is 2. The van der Waals surface area contributed by atoms with Gasteiger partial charge in [-0.1, -0.05) is 0 Å². The maximum absolute atomic E-state index is 13.7. The van der Waals surface area contributed by atoms with Gasteiger partial charge in [0.25, 0.3) is 5.92 Å². The Morgan fingerprint density at radius 3 is 2.65 bits per heavy atom. The van der Waals surface area contributed by atoms with Crippen LogP contribution in [0.5, 0.6) is 0 Å². The average molecular weight is 424 g/mol. The Morgan fingerprint density at radius 1 is 1.26 bits per heavy atom. The number of allylic oxidation sites excluding steroid dienone is 1. The van der Waals surface area contributed by atoms with Crippen LogP contribution in [0.1, 0.15) is 30.3 Å². The Morgan fingerprint density at radius 2 is 2.03 bits per heavy atom. The van der Waals surface area contributed by atoms with Gasteiger partial charge in [-0.25, -0.2) is 0 Å². The molecule has 2 aromatic heterocycles. The van der Waals surface area contributed by atoms with Gasteiger partial charge in [0.2, 0.25) is 0 Å². The Bertz CT molecular complexity index is 1050. The van der Waals surface area contributed by atoms with Gasteiger partial charge in [-0.05, 0) is 43.2 Å². The summed E-state index contributed by atoms with van der Waals surface area (Å²) in [6.45, 7) is 4.62. The molecule has 0 spiro atoms. The predicted octanol–water partition coefficient (Wildman–Crippen LogP) is 3.85. The number of rotatable bonds is 6. The standard InChI is InChI=1S/C23H26F2N6/c1-15-18(11-17(14-29-15)16-5-6-27-21(12-16)23(2,24)25)19(26)13-20(31-8-4-9-31)22-28-7-10-30(22)3/h5-7,10-14,22,26,28H,4,8-9H2,1-3H3/b20-13+,26-19?. The molecule has 8 heteroatoms. The van der Waals surface area contributed by atoms with E-state index in [1.807, 2.05) is 38.5 Å². The summed E-state index contributed by atoms with van der Waals surface area (Å²) in [6.07, 6.45) is 9.90. The number of nitrogens with one attached hydrogen (secondary N) is 2. The van der Waals surface area contributed by atoms with Gasteiger partial charge < -0.3 is 20.5 Å².